The fraction of sp³-hybridized carbons (Fsp3) is 0.273. The van der Waals surface area contributed by atoms with Gasteiger partial charge in [0.1, 0.15) is 6.61 Å². The number of ether oxygens (including phenoxy) is 1. The largest absolute Gasteiger partial charge is 0.478 e. The van der Waals surface area contributed by atoms with Crippen molar-refractivity contribution < 1.29 is 19.4 Å². The molecule has 0 heterocycles. The molecule has 0 radical (unpaired) electrons. The van der Waals surface area contributed by atoms with Crippen molar-refractivity contribution >= 4 is 37.2 Å². The van der Waals surface area contributed by atoms with Gasteiger partial charge in [0.15, 0.2) is 0 Å². The van der Waals surface area contributed by atoms with Crippen LogP contribution in [-0.4, -0.2) is 34.7 Å². The van der Waals surface area contributed by atoms with E-state index in [1.165, 1.54) is 24.3 Å². The van der Waals surface area contributed by atoms with Crippen LogP contribution in [0.2, 0.25) is 0 Å². The van der Waals surface area contributed by atoms with Crippen LogP contribution in [0.1, 0.15) is 20.7 Å². The van der Waals surface area contributed by atoms with Crippen LogP contribution in [0.15, 0.2) is 24.3 Å². The van der Waals surface area contributed by atoms with E-state index in [0.717, 1.165) is 0 Å². The number of hydrogen-bond acceptors (Lipinski definition) is 5. The van der Waals surface area contributed by atoms with Gasteiger partial charge in [-0.1, -0.05) is 0 Å². The second-order valence-electron chi connectivity index (χ2n) is 3.32. The first-order valence-corrected chi connectivity index (χ1v) is 5.99. The average Bonchev–Trinajstić information content (AvgIpc) is 2.35. The summed E-state index contributed by atoms with van der Waals surface area (Å²) < 4.78 is 4.97. The van der Waals surface area contributed by atoms with Gasteiger partial charge in [0.25, 0.3) is 0 Å². The minimum atomic E-state index is -1.03. The van der Waals surface area contributed by atoms with Gasteiger partial charge in [-0.25, -0.2) is 9.59 Å². The first-order chi connectivity index (χ1) is 8.04. The van der Waals surface area contributed by atoms with E-state index in [-0.39, 0.29) is 17.4 Å². The van der Waals surface area contributed by atoms with Crippen LogP contribution >= 0.6 is 25.3 Å². The monoisotopic (exact) mass is 272 g/mol. The Morgan fingerprint density at radius 2 is 1.76 bits per heavy atom. The molecular formula is C11H12O4S2. The van der Waals surface area contributed by atoms with Gasteiger partial charge in [0.2, 0.25) is 0 Å². The third kappa shape index (κ3) is 4.32. The molecule has 0 saturated heterocycles. The Balaban J connectivity index is 2.61. The zero-order valence-corrected chi connectivity index (χ0v) is 10.7. The predicted molar refractivity (Wildman–Crippen MR) is 70.3 cm³/mol. The van der Waals surface area contributed by atoms with Crippen LogP contribution in [0.4, 0.5) is 0 Å². The molecule has 4 nitrogen and oxygen atoms in total. The van der Waals surface area contributed by atoms with Crippen molar-refractivity contribution in [1.82, 2.24) is 0 Å². The third-order valence-corrected chi connectivity index (χ3v) is 3.05. The van der Waals surface area contributed by atoms with Crippen molar-refractivity contribution in [2.45, 2.75) is 5.25 Å². The summed E-state index contributed by atoms with van der Waals surface area (Å²) in [7, 11) is 0. The molecule has 1 N–H and O–H groups in total. The van der Waals surface area contributed by atoms with Gasteiger partial charge in [0, 0.05) is 11.0 Å². The van der Waals surface area contributed by atoms with Crippen molar-refractivity contribution in [3.8, 4) is 0 Å². The first kappa shape index (κ1) is 13.9. The van der Waals surface area contributed by atoms with Crippen molar-refractivity contribution in [1.29, 1.82) is 0 Å². The number of carbonyl (C=O) groups is 2. The minimum Gasteiger partial charge on any atom is -0.478 e. The maximum absolute atomic E-state index is 11.5. The quantitative estimate of drug-likeness (QED) is 0.564. The van der Waals surface area contributed by atoms with Gasteiger partial charge in [-0.3, -0.25) is 0 Å². The summed E-state index contributed by atoms with van der Waals surface area (Å²) in [6.45, 7) is 0.173. The Morgan fingerprint density at radius 1 is 1.24 bits per heavy atom. The van der Waals surface area contributed by atoms with Gasteiger partial charge >= 0.3 is 11.9 Å². The zero-order chi connectivity index (χ0) is 12.8. The van der Waals surface area contributed by atoms with Gasteiger partial charge < -0.3 is 9.84 Å². The number of thiol groups is 2. The van der Waals surface area contributed by atoms with E-state index in [0.29, 0.717) is 11.3 Å². The van der Waals surface area contributed by atoms with Gasteiger partial charge in [-0.15, -0.1) is 0 Å². The molecule has 6 heteroatoms. The van der Waals surface area contributed by atoms with Gasteiger partial charge in [-0.2, -0.15) is 25.3 Å². The highest BCUT2D eigenvalue weighted by Crippen LogP contribution is 2.07. The number of rotatable bonds is 5. The molecule has 1 aromatic carbocycles. The highest BCUT2D eigenvalue weighted by molar-refractivity contribution is 7.84. The van der Waals surface area contributed by atoms with Crippen LogP contribution < -0.4 is 0 Å². The minimum absolute atomic E-state index is 0.111. The first-order valence-electron chi connectivity index (χ1n) is 4.84. The van der Waals surface area contributed by atoms with Crippen molar-refractivity contribution in [2.24, 2.45) is 0 Å². The number of aromatic carboxylic acids is 1. The fourth-order valence-electron chi connectivity index (χ4n) is 1.06. The lowest BCUT2D eigenvalue weighted by atomic mass is 10.1. The van der Waals surface area contributed by atoms with Crippen LogP contribution in [0.5, 0.6) is 0 Å². The van der Waals surface area contributed by atoms with Crippen molar-refractivity contribution in [2.75, 3.05) is 12.4 Å². The van der Waals surface area contributed by atoms with E-state index in [4.69, 9.17) is 9.84 Å². The molecule has 17 heavy (non-hydrogen) atoms. The SMILES string of the molecule is O=C(O)c1ccc(C(=O)OCC(S)CS)cc1. The number of carboxylic acid groups (broad SMARTS) is 1. The van der Waals surface area contributed by atoms with Gasteiger partial charge in [0.05, 0.1) is 11.1 Å². The molecule has 0 bridgehead atoms. The molecular weight excluding hydrogens is 260 g/mol. The van der Waals surface area contributed by atoms with Crippen LogP contribution in [0, 0.1) is 0 Å². The number of esters is 1. The maximum Gasteiger partial charge on any atom is 0.338 e. The summed E-state index contributed by atoms with van der Waals surface area (Å²) in [6.07, 6.45) is 0. The number of carbonyl (C=O) groups excluding carboxylic acids is 1. The maximum atomic E-state index is 11.5. The van der Waals surface area contributed by atoms with E-state index >= 15 is 0 Å². The van der Waals surface area contributed by atoms with Crippen LogP contribution in [0.25, 0.3) is 0 Å². The van der Waals surface area contributed by atoms with Crippen molar-refractivity contribution in [3.05, 3.63) is 35.4 Å². The molecule has 92 valence electrons. The predicted octanol–water partition coefficient (Wildman–Crippen LogP) is 1.77. The highest BCUT2D eigenvalue weighted by Gasteiger charge is 2.10. The van der Waals surface area contributed by atoms with Crippen LogP contribution in [-0.2, 0) is 4.74 Å². The van der Waals surface area contributed by atoms with E-state index in [9.17, 15) is 9.59 Å². The van der Waals surface area contributed by atoms with E-state index in [2.05, 4.69) is 25.3 Å². The number of hydrogen-bond donors (Lipinski definition) is 3. The molecule has 0 aliphatic heterocycles. The van der Waals surface area contributed by atoms with E-state index in [1.807, 2.05) is 0 Å². The Hall–Kier alpha value is -1.14. The van der Waals surface area contributed by atoms with Gasteiger partial charge in [-0.05, 0) is 24.3 Å². The second kappa shape index (κ2) is 6.56. The highest BCUT2D eigenvalue weighted by atomic mass is 32.1. The molecule has 1 unspecified atom stereocenters. The normalized spacial score (nSPS) is 11.9. The molecule has 0 aliphatic carbocycles. The Bertz CT molecular complexity index is 402. The second-order valence-corrected chi connectivity index (χ2v) is 4.41. The topological polar surface area (TPSA) is 63.6 Å². The molecule has 0 fully saturated rings. The summed E-state index contributed by atoms with van der Waals surface area (Å²) in [6, 6.07) is 5.55. The van der Waals surface area contributed by atoms with Crippen LogP contribution in [0.3, 0.4) is 0 Å². The number of benzene rings is 1. The van der Waals surface area contributed by atoms with Crippen molar-refractivity contribution in [3.63, 3.8) is 0 Å². The van der Waals surface area contributed by atoms with E-state index in [1.54, 1.807) is 0 Å². The lowest BCUT2D eigenvalue weighted by Gasteiger charge is -2.08. The summed E-state index contributed by atoms with van der Waals surface area (Å²) in [5.41, 5.74) is 0.443. The van der Waals surface area contributed by atoms with E-state index < -0.39 is 11.9 Å². The molecule has 1 aromatic rings. The lowest BCUT2D eigenvalue weighted by Crippen LogP contribution is -2.15. The summed E-state index contributed by atoms with van der Waals surface area (Å²) in [5.74, 6) is -1.02. The molecule has 0 spiro atoms. The molecule has 0 aliphatic rings. The number of carboxylic acids is 1. The molecule has 0 aromatic heterocycles. The fourth-order valence-corrected chi connectivity index (χ4v) is 1.24. The summed E-state index contributed by atoms with van der Waals surface area (Å²) >= 11 is 8.14. The Kier molecular flexibility index (Phi) is 5.37. The standard InChI is InChI=1S/C11H12O4S2/c12-10(13)7-1-3-8(4-2-7)11(14)15-5-9(17)6-16/h1-4,9,16-17H,5-6H2,(H,12,13). The Morgan fingerprint density at radius 3 is 2.24 bits per heavy atom. The molecule has 0 amide bonds. The molecule has 0 saturated carbocycles. The average molecular weight is 272 g/mol. The molecule has 1 rings (SSSR count). The summed E-state index contributed by atoms with van der Waals surface area (Å²) in [4.78, 5) is 22.1. The Labute approximate surface area is 110 Å². The molecule has 1 atom stereocenters. The lowest BCUT2D eigenvalue weighted by molar-refractivity contribution is 0.0510. The zero-order valence-electron chi connectivity index (χ0n) is 8.87. The smallest absolute Gasteiger partial charge is 0.338 e. The summed E-state index contributed by atoms with van der Waals surface area (Å²) in [5, 5.41) is 8.58. The third-order valence-electron chi connectivity index (χ3n) is 1.99.